The first-order chi connectivity index (χ1) is 12.5. The Labute approximate surface area is 150 Å². The second-order valence-electron chi connectivity index (χ2n) is 5.63. The molecule has 0 aliphatic heterocycles. The molecule has 0 saturated carbocycles. The number of nitrogens with zero attached hydrogens (tertiary/aromatic N) is 2. The lowest BCUT2D eigenvalue weighted by Crippen LogP contribution is -2.19. The van der Waals surface area contributed by atoms with Crippen LogP contribution < -0.4 is 10.9 Å². The van der Waals surface area contributed by atoms with Crippen LogP contribution in [0, 0.1) is 5.82 Å². The van der Waals surface area contributed by atoms with Crippen LogP contribution in [0.25, 0.3) is 21.9 Å². The van der Waals surface area contributed by atoms with Gasteiger partial charge in [-0.15, -0.1) is 0 Å². The fourth-order valence-electron chi connectivity index (χ4n) is 2.76. The van der Waals surface area contributed by atoms with Gasteiger partial charge in [-0.3, -0.25) is 9.48 Å². The number of hydrogen-bond donors (Lipinski definition) is 1. The Balaban J connectivity index is 1.70. The largest absolute Gasteiger partial charge is 0.422 e. The molecule has 6 nitrogen and oxygen atoms in total. The monoisotopic (exact) mass is 371 g/mol. The van der Waals surface area contributed by atoms with Gasteiger partial charge >= 0.3 is 5.63 Å². The first kappa shape index (κ1) is 16.3. The molecule has 2 aromatic heterocycles. The van der Waals surface area contributed by atoms with Gasteiger partial charge in [0, 0.05) is 11.1 Å². The number of aromatic nitrogens is 2. The highest BCUT2D eigenvalue weighted by Gasteiger charge is 2.15. The van der Waals surface area contributed by atoms with E-state index in [1.165, 1.54) is 29.1 Å². The maximum absolute atomic E-state index is 13.2. The van der Waals surface area contributed by atoms with Gasteiger partial charge in [-0.05, 0) is 30.3 Å². The first-order valence-electron chi connectivity index (χ1n) is 7.65. The van der Waals surface area contributed by atoms with Crippen LogP contribution in [-0.4, -0.2) is 15.7 Å². The third kappa shape index (κ3) is 2.82. The maximum atomic E-state index is 13.2. The van der Waals surface area contributed by atoms with Crippen molar-refractivity contribution in [1.82, 2.24) is 9.78 Å². The summed E-state index contributed by atoms with van der Waals surface area (Å²) in [6.45, 7) is -0.133. The molecule has 0 atom stereocenters. The zero-order chi connectivity index (χ0) is 18.3. The van der Waals surface area contributed by atoms with E-state index in [-0.39, 0.29) is 11.6 Å². The molecule has 4 aromatic rings. The van der Waals surface area contributed by atoms with Crippen molar-refractivity contribution < 1.29 is 13.6 Å². The van der Waals surface area contributed by atoms with Crippen molar-refractivity contribution in [3.8, 4) is 0 Å². The van der Waals surface area contributed by atoms with Crippen LogP contribution in [-0.2, 0) is 11.3 Å². The third-order valence-electron chi connectivity index (χ3n) is 3.90. The minimum absolute atomic E-state index is 0.0871. The summed E-state index contributed by atoms with van der Waals surface area (Å²) >= 11 is 5.71. The van der Waals surface area contributed by atoms with Crippen molar-refractivity contribution in [2.75, 3.05) is 5.32 Å². The minimum Gasteiger partial charge on any atom is -0.422 e. The molecule has 4 rings (SSSR count). The van der Waals surface area contributed by atoms with Crippen molar-refractivity contribution >= 4 is 45.1 Å². The zero-order valence-electron chi connectivity index (χ0n) is 13.2. The van der Waals surface area contributed by atoms with Crippen molar-refractivity contribution in [2.45, 2.75) is 6.54 Å². The Bertz CT molecular complexity index is 1220. The molecule has 0 bridgehead atoms. The fourth-order valence-corrected chi connectivity index (χ4v) is 2.94. The second-order valence-corrected chi connectivity index (χ2v) is 6.03. The predicted molar refractivity (Wildman–Crippen MR) is 95.8 cm³/mol. The molecule has 26 heavy (non-hydrogen) atoms. The highest BCUT2D eigenvalue weighted by atomic mass is 35.5. The van der Waals surface area contributed by atoms with E-state index in [1.807, 2.05) is 0 Å². The Hall–Kier alpha value is -3.19. The Morgan fingerprint density at radius 2 is 2.04 bits per heavy atom. The van der Waals surface area contributed by atoms with Gasteiger partial charge in [0.05, 0.1) is 16.7 Å². The number of carbonyl (C=O) groups excluding carboxylic acids is 1. The third-order valence-corrected chi connectivity index (χ3v) is 4.19. The zero-order valence-corrected chi connectivity index (χ0v) is 14.0. The standard InChI is InChI=1S/C18H11ClFN3O3/c19-13-7-10(5-6-14(13)20)22-16(24)9-23-17-11-3-1-2-4-15(11)26-18(25)12(17)8-21-23/h1-8H,9H2,(H,22,24). The summed E-state index contributed by atoms with van der Waals surface area (Å²) in [5.74, 6) is -0.962. The molecule has 0 fully saturated rings. The van der Waals surface area contributed by atoms with Gasteiger partial charge in [-0.2, -0.15) is 5.10 Å². The van der Waals surface area contributed by atoms with E-state index >= 15 is 0 Å². The molecule has 0 radical (unpaired) electrons. The normalized spacial score (nSPS) is 11.2. The van der Waals surface area contributed by atoms with Crippen LogP contribution in [0.4, 0.5) is 10.1 Å². The van der Waals surface area contributed by atoms with E-state index < -0.39 is 17.3 Å². The SMILES string of the molecule is O=C(Cn1ncc2c(=O)oc3ccccc3c21)Nc1ccc(F)c(Cl)c1. The average molecular weight is 372 g/mol. The summed E-state index contributed by atoms with van der Waals surface area (Å²) in [6.07, 6.45) is 1.37. The molecule has 8 heteroatoms. The lowest BCUT2D eigenvalue weighted by atomic mass is 10.2. The van der Waals surface area contributed by atoms with Gasteiger partial charge in [0.25, 0.3) is 0 Å². The van der Waals surface area contributed by atoms with E-state index in [0.717, 1.165) is 0 Å². The molecule has 130 valence electrons. The lowest BCUT2D eigenvalue weighted by Gasteiger charge is -2.08. The molecule has 2 aromatic carbocycles. The van der Waals surface area contributed by atoms with Gasteiger partial charge in [0.1, 0.15) is 23.3 Å². The highest BCUT2D eigenvalue weighted by Crippen LogP contribution is 2.23. The van der Waals surface area contributed by atoms with Gasteiger partial charge < -0.3 is 9.73 Å². The Kier molecular flexibility index (Phi) is 3.93. The summed E-state index contributed by atoms with van der Waals surface area (Å²) in [7, 11) is 0. The van der Waals surface area contributed by atoms with Crippen LogP contribution in [0.15, 0.2) is 57.9 Å². The summed E-state index contributed by atoms with van der Waals surface area (Å²) in [5.41, 5.74) is 0.777. The van der Waals surface area contributed by atoms with Crippen LogP contribution >= 0.6 is 11.6 Å². The lowest BCUT2D eigenvalue weighted by molar-refractivity contribution is -0.116. The number of nitrogens with one attached hydrogen (secondary N) is 1. The molecule has 1 amide bonds. The molecule has 1 N–H and O–H groups in total. The smallest absolute Gasteiger partial charge is 0.347 e. The fraction of sp³-hybridized carbons (Fsp3) is 0.0556. The average Bonchev–Trinajstić information content (AvgIpc) is 3.03. The van der Waals surface area contributed by atoms with Crippen LogP contribution in [0.1, 0.15) is 0 Å². The minimum atomic E-state index is -0.569. The molecule has 0 aliphatic carbocycles. The van der Waals surface area contributed by atoms with E-state index in [9.17, 15) is 14.0 Å². The molecule has 0 unspecified atom stereocenters. The van der Waals surface area contributed by atoms with E-state index in [1.54, 1.807) is 24.3 Å². The summed E-state index contributed by atoms with van der Waals surface area (Å²) in [6, 6.07) is 10.9. The van der Waals surface area contributed by atoms with E-state index in [4.69, 9.17) is 16.0 Å². The van der Waals surface area contributed by atoms with Crippen molar-refractivity contribution in [3.63, 3.8) is 0 Å². The Morgan fingerprint density at radius 3 is 2.85 bits per heavy atom. The first-order valence-corrected chi connectivity index (χ1v) is 8.03. The topological polar surface area (TPSA) is 77.1 Å². The van der Waals surface area contributed by atoms with Gasteiger partial charge in [-0.1, -0.05) is 23.7 Å². The number of anilines is 1. The maximum Gasteiger partial charge on any atom is 0.347 e. The second kappa shape index (κ2) is 6.27. The van der Waals surface area contributed by atoms with Crippen LogP contribution in [0.2, 0.25) is 5.02 Å². The van der Waals surface area contributed by atoms with Crippen molar-refractivity contribution in [2.24, 2.45) is 0 Å². The number of halogens is 2. The summed E-state index contributed by atoms with van der Waals surface area (Å²) < 4.78 is 19.9. The predicted octanol–water partition coefficient (Wildman–Crippen LogP) is 3.57. The number of rotatable bonds is 3. The Morgan fingerprint density at radius 1 is 1.23 bits per heavy atom. The highest BCUT2D eigenvalue weighted by molar-refractivity contribution is 6.31. The molecule has 0 spiro atoms. The van der Waals surface area contributed by atoms with Crippen LogP contribution in [0.3, 0.4) is 0 Å². The number of carbonyl (C=O) groups is 1. The molecular formula is C18H11ClFN3O3. The van der Waals surface area contributed by atoms with Gasteiger partial charge in [-0.25, -0.2) is 9.18 Å². The number of para-hydroxylation sites is 1. The van der Waals surface area contributed by atoms with Crippen molar-refractivity contribution in [1.29, 1.82) is 0 Å². The van der Waals surface area contributed by atoms with E-state index in [2.05, 4.69) is 10.4 Å². The molecule has 0 aliphatic rings. The number of hydrogen-bond acceptors (Lipinski definition) is 4. The number of fused-ring (bicyclic) bond motifs is 3. The van der Waals surface area contributed by atoms with Crippen molar-refractivity contribution in [3.05, 3.63) is 69.9 Å². The van der Waals surface area contributed by atoms with Crippen LogP contribution in [0.5, 0.6) is 0 Å². The van der Waals surface area contributed by atoms with E-state index in [0.29, 0.717) is 27.6 Å². The summed E-state index contributed by atoms with van der Waals surface area (Å²) in [4.78, 5) is 24.4. The quantitative estimate of drug-likeness (QED) is 0.558. The molecule has 0 saturated heterocycles. The number of amides is 1. The molecular weight excluding hydrogens is 361 g/mol. The molecule has 2 heterocycles. The summed E-state index contributed by atoms with van der Waals surface area (Å²) in [5, 5.41) is 7.64. The van der Waals surface area contributed by atoms with Gasteiger partial charge in [0.2, 0.25) is 5.91 Å². The number of benzene rings is 2. The van der Waals surface area contributed by atoms with Gasteiger partial charge in [0.15, 0.2) is 0 Å².